The number of halogens is 1. The molecule has 5 N–H and O–H groups in total. The van der Waals surface area contributed by atoms with Crippen LogP contribution in [0.5, 0.6) is 0 Å². The van der Waals surface area contributed by atoms with Gasteiger partial charge in [0, 0.05) is 64.1 Å². The van der Waals surface area contributed by atoms with Crippen molar-refractivity contribution in [1.82, 2.24) is 35.3 Å². The van der Waals surface area contributed by atoms with E-state index in [0.717, 1.165) is 97.7 Å². The number of aromatic nitrogens is 6. The number of rotatable bonds is 7. The van der Waals surface area contributed by atoms with Crippen molar-refractivity contribution < 1.29 is 0 Å². The second-order valence-corrected chi connectivity index (χ2v) is 10.5. The molecule has 0 bridgehead atoms. The number of fused-ring (bicyclic) bond motifs is 1. The Morgan fingerprint density at radius 3 is 2.54 bits per heavy atom. The number of nitrogens with two attached hydrogens (primary N) is 1. The number of piperazine rings is 1. The fourth-order valence-corrected chi connectivity index (χ4v) is 5.25. The van der Waals surface area contributed by atoms with Gasteiger partial charge in [0.2, 0.25) is 5.95 Å². The summed E-state index contributed by atoms with van der Waals surface area (Å²) in [5.74, 6) is 2.75. The van der Waals surface area contributed by atoms with Crippen molar-refractivity contribution in [2.75, 3.05) is 54.4 Å². The van der Waals surface area contributed by atoms with E-state index in [-0.39, 0.29) is 24.4 Å². The zero-order valence-corrected chi connectivity index (χ0v) is 23.4. The third kappa shape index (κ3) is 5.66. The van der Waals surface area contributed by atoms with Gasteiger partial charge in [-0.25, -0.2) is 9.67 Å². The van der Waals surface area contributed by atoms with Crippen LogP contribution in [0.2, 0.25) is 0 Å². The Hall–Kier alpha value is -3.41. The summed E-state index contributed by atoms with van der Waals surface area (Å²) < 4.78 is 1.97. The molecule has 208 valence electrons. The van der Waals surface area contributed by atoms with Gasteiger partial charge in [0.1, 0.15) is 5.52 Å². The Kier molecular flexibility index (Phi) is 8.20. The molecule has 3 aromatic heterocycles. The van der Waals surface area contributed by atoms with Crippen LogP contribution < -0.4 is 26.2 Å². The van der Waals surface area contributed by atoms with Crippen LogP contribution in [0.4, 0.5) is 17.6 Å². The van der Waals surface area contributed by atoms with E-state index in [0.29, 0.717) is 6.54 Å². The van der Waals surface area contributed by atoms with Crippen molar-refractivity contribution in [2.45, 2.75) is 45.2 Å². The fraction of sp³-hybridized carbons (Fsp3) is 0.481. The molecule has 39 heavy (non-hydrogen) atoms. The quantitative estimate of drug-likeness (QED) is 0.274. The largest absolute Gasteiger partial charge is 0.364 e. The molecule has 12 heteroatoms. The highest BCUT2D eigenvalue weighted by molar-refractivity contribution is 5.88. The first-order valence-corrected chi connectivity index (χ1v) is 13.7. The van der Waals surface area contributed by atoms with E-state index in [1.807, 2.05) is 10.9 Å². The maximum Gasteiger partial charge on any atom is 0.228 e. The van der Waals surface area contributed by atoms with Crippen LogP contribution in [0.1, 0.15) is 43.9 Å². The Labute approximate surface area is 235 Å². The summed E-state index contributed by atoms with van der Waals surface area (Å²) in [5.41, 5.74) is 11.0. The van der Waals surface area contributed by atoms with Crippen molar-refractivity contribution in [3.05, 3.63) is 47.8 Å². The molecule has 11 nitrogen and oxygen atoms in total. The lowest BCUT2D eigenvalue weighted by molar-refractivity contribution is 0.496. The predicted molar refractivity (Wildman–Crippen MR) is 158 cm³/mol. The molecule has 0 aliphatic carbocycles. The number of benzene rings is 1. The fourth-order valence-electron chi connectivity index (χ4n) is 5.25. The number of nitrogens with one attached hydrogen (secondary N) is 3. The minimum absolute atomic E-state index is 0. The van der Waals surface area contributed by atoms with Gasteiger partial charge >= 0.3 is 0 Å². The predicted octanol–water partition coefficient (Wildman–Crippen LogP) is 3.03. The molecule has 5 heterocycles. The van der Waals surface area contributed by atoms with Gasteiger partial charge in [0.25, 0.3) is 0 Å². The normalized spacial score (nSPS) is 16.6. The zero-order chi connectivity index (χ0) is 26.1. The second kappa shape index (κ2) is 11.8. The Balaban J connectivity index is 0.00000308. The zero-order valence-electron chi connectivity index (χ0n) is 22.6. The average molecular weight is 552 g/mol. The summed E-state index contributed by atoms with van der Waals surface area (Å²) in [6, 6.07) is 10.7. The first-order valence-electron chi connectivity index (χ1n) is 13.7. The molecule has 0 radical (unpaired) electrons. The topological polar surface area (TPSA) is 129 Å². The van der Waals surface area contributed by atoms with E-state index >= 15 is 0 Å². The molecule has 2 fully saturated rings. The number of hydrogen-bond acceptors (Lipinski definition) is 9. The number of H-pyrrole nitrogens is 1. The minimum Gasteiger partial charge on any atom is -0.364 e. The summed E-state index contributed by atoms with van der Waals surface area (Å²) in [5, 5.41) is 19.7. The SMILES string of the molecule is CC(C)c1[nH]nc2c(NCc3ccccc3-n3ccc(N4CCNCC4)n3)nc(N3CCC(N)CC3)nc12.Cl. The number of hydrogen-bond donors (Lipinski definition) is 4. The van der Waals surface area contributed by atoms with Gasteiger partial charge in [-0.15, -0.1) is 12.4 Å². The summed E-state index contributed by atoms with van der Waals surface area (Å²) in [7, 11) is 0. The molecule has 0 spiro atoms. The molecule has 6 rings (SSSR count). The van der Waals surface area contributed by atoms with E-state index in [1.54, 1.807) is 0 Å². The van der Waals surface area contributed by atoms with E-state index in [1.165, 1.54) is 0 Å². The number of para-hydroxylation sites is 1. The average Bonchev–Trinajstić information content (AvgIpc) is 3.61. The Morgan fingerprint density at radius 1 is 1.00 bits per heavy atom. The third-order valence-corrected chi connectivity index (χ3v) is 7.52. The monoisotopic (exact) mass is 551 g/mol. The van der Waals surface area contributed by atoms with E-state index in [9.17, 15) is 0 Å². The summed E-state index contributed by atoms with van der Waals surface area (Å²) >= 11 is 0. The number of anilines is 3. The standard InChI is InChI=1S/C27H37N11.ClH/c1-18(2)23-24-25(34-33-23)26(32-27(31-24)37-12-7-20(28)8-13-37)30-17-19-5-3-4-6-21(19)38-14-9-22(35-38)36-15-10-29-11-16-36;/h3-6,9,14,18,20,29H,7-8,10-13,15-17,28H2,1-2H3,(H,33,34)(H,30,31,32);1H. The van der Waals surface area contributed by atoms with Crippen molar-refractivity contribution in [2.24, 2.45) is 5.73 Å². The van der Waals surface area contributed by atoms with Crippen molar-refractivity contribution in [3.8, 4) is 5.69 Å². The van der Waals surface area contributed by atoms with E-state index < -0.39 is 0 Å². The smallest absolute Gasteiger partial charge is 0.228 e. The van der Waals surface area contributed by atoms with Gasteiger partial charge in [0.15, 0.2) is 17.2 Å². The number of aromatic amines is 1. The van der Waals surface area contributed by atoms with Crippen molar-refractivity contribution >= 4 is 41.0 Å². The Bertz CT molecular complexity index is 1380. The van der Waals surface area contributed by atoms with Crippen LogP contribution in [0, 0.1) is 0 Å². The number of nitrogens with zero attached hydrogens (tertiary/aromatic N) is 7. The second-order valence-electron chi connectivity index (χ2n) is 10.5. The lowest BCUT2D eigenvalue weighted by Gasteiger charge is -2.30. The van der Waals surface area contributed by atoms with Gasteiger partial charge in [-0.3, -0.25) is 5.10 Å². The Morgan fingerprint density at radius 2 is 1.77 bits per heavy atom. The molecule has 2 aliphatic heterocycles. The van der Waals surface area contributed by atoms with Crippen LogP contribution in [0.15, 0.2) is 36.5 Å². The number of piperidine rings is 1. The lowest BCUT2D eigenvalue weighted by atomic mass is 10.1. The minimum atomic E-state index is 0. The van der Waals surface area contributed by atoms with Crippen LogP contribution in [-0.4, -0.2) is 75.3 Å². The molecule has 0 amide bonds. The molecular formula is C27H38ClN11. The van der Waals surface area contributed by atoms with Gasteiger partial charge < -0.3 is 26.2 Å². The lowest BCUT2D eigenvalue weighted by Crippen LogP contribution is -2.43. The summed E-state index contributed by atoms with van der Waals surface area (Å²) in [6.45, 7) is 10.5. The van der Waals surface area contributed by atoms with Gasteiger partial charge in [-0.1, -0.05) is 32.0 Å². The molecule has 0 atom stereocenters. The van der Waals surface area contributed by atoms with Crippen LogP contribution in [0.3, 0.4) is 0 Å². The highest BCUT2D eigenvalue weighted by Gasteiger charge is 2.23. The van der Waals surface area contributed by atoms with E-state index in [2.05, 4.69) is 74.8 Å². The molecule has 0 unspecified atom stereocenters. The van der Waals surface area contributed by atoms with Gasteiger partial charge in [0.05, 0.1) is 11.4 Å². The maximum absolute atomic E-state index is 6.15. The molecule has 2 saturated heterocycles. The molecular weight excluding hydrogens is 514 g/mol. The van der Waals surface area contributed by atoms with Crippen LogP contribution in [-0.2, 0) is 6.54 Å². The highest BCUT2D eigenvalue weighted by atomic mass is 35.5. The molecule has 0 saturated carbocycles. The van der Waals surface area contributed by atoms with E-state index in [4.69, 9.17) is 20.8 Å². The molecule has 4 aromatic rings. The summed E-state index contributed by atoms with van der Waals surface area (Å²) in [6.07, 6.45) is 3.93. The third-order valence-electron chi connectivity index (χ3n) is 7.52. The first kappa shape index (κ1) is 27.2. The molecule has 2 aliphatic rings. The van der Waals surface area contributed by atoms with Crippen molar-refractivity contribution in [3.63, 3.8) is 0 Å². The van der Waals surface area contributed by atoms with Crippen molar-refractivity contribution in [1.29, 1.82) is 0 Å². The maximum atomic E-state index is 6.15. The van der Waals surface area contributed by atoms with Crippen LogP contribution >= 0.6 is 12.4 Å². The summed E-state index contributed by atoms with van der Waals surface area (Å²) in [4.78, 5) is 14.5. The van der Waals surface area contributed by atoms with Gasteiger partial charge in [-0.2, -0.15) is 15.2 Å². The van der Waals surface area contributed by atoms with Crippen LogP contribution in [0.25, 0.3) is 16.7 Å². The van der Waals surface area contributed by atoms with Gasteiger partial charge in [-0.05, 0) is 30.4 Å². The highest BCUT2D eigenvalue weighted by Crippen LogP contribution is 2.29. The first-order chi connectivity index (χ1) is 18.6. The molecule has 1 aromatic carbocycles.